The number of benzene rings is 1. The number of Topliss-reactive ketones (excluding diaryl/α,β-unsaturated/α-hetero) is 1. The Morgan fingerprint density at radius 2 is 1.78 bits per heavy atom. The molecule has 1 aromatic rings. The van der Waals surface area contributed by atoms with Crippen molar-refractivity contribution in [1.82, 2.24) is 0 Å². The summed E-state index contributed by atoms with van der Waals surface area (Å²) >= 11 is 0. The van der Waals surface area contributed by atoms with Gasteiger partial charge in [0, 0.05) is 11.8 Å². The van der Waals surface area contributed by atoms with Crippen LogP contribution in [0.5, 0.6) is 0 Å². The van der Waals surface area contributed by atoms with Gasteiger partial charge in [0.2, 0.25) is 0 Å². The van der Waals surface area contributed by atoms with Crippen molar-refractivity contribution in [2.24, 2.45) is 17.3 Å². The van der Waals surface area contributed by atoms with Crippen LogP contribution in [-0.2, 0) is 11.2 Å². The van der Waals surface area contributed by atoms with Crippen LogP contribution in [0.15, 0.2) is 30.3 Å². The standard InChI is InChI=1S/C17H24O/c1-17(2,3)15-11-7-10-14(16(15)18)12-13-8-5-4-6-9-13/h4-6,8-9,14-15H,7,10-12H2,1-3H3. The lowest BCUT2D eigenvalue weighted by atomic mass is 9.67. The van der Waals surface area contributed by atoms with Gasteiger partial charge in [-0.3, -0.25) is 4.79 Å². The van der Waals surface area contributed by atoms with E-state index in [1.165, 1.54) is 12.0 Å². The Bertz CT molecular complexity index is 399. The highest BCUT2D eigenvalue weighted by molar-refractivity contribution is 5.85. The smallest absolute Gasteiger partial charge is 0.139 e. The molecule has 0 amide bonds. The lowest BCUT2D eigenvalue weighted by Gasteiger charge is -2.36. The molecule has 98 valence electrons. The molecule has 1 aliphatic rings. The Morgan fingerprint density at radius 1 is 1.11 bits per heavy atom. The first-order valence-electron chi connectivity index (χ1n) is 7.06. The van der Waals surface area contributed by atoms with Crippen LogP contribution in [0, 0.1) is 17.3 Å². The maximum Gasteiger partial charge on any atom is 0.139 e. The third kappa shape index (κ3) is 3.01. The van der Waals surface area contributed by atoms with Crippen molar-refractivity contribution in [3.8, 4) is 0 Å². The molecule has 1 aliphatic carbocycles. The average Bonchev–Trinajstić information content (AvgIpc) is 2.32. The zero-order valence-corrected chi connectivity index (χ0v) is 11.8. The fourth-order valence-electron chi connectivity index (χ4n) is 3.10. The molecule has 18 heavy (non-hydrogen) atoms. The topological polar surface area (TPSA) is 17.1 Å². The van der Waals surface area contributed by atoms with Crippen LogP contribution in [-0.4, -0.2) is 5.78 Å². The number of ketones is 1. The van der Waals surface area contributed by atoms with Crippen LogP contribution < -0.4 is 0 Å². The summed E-state index contributed by atoms with van der Waals surface area (Å²) in [6.45, 7) is 6.58. The van der Waals surface area contributed by atoms with Gasteiger partial charge in [-0.2, -0.15) is 0 Å². The summed E-state index contributed by atoms with van der Waals surface area (Å²) < 4.78 is 0. The second-order valence-corrected chi connectivity index (χ2v) is 6.64. The maximum atomic E-state index is 12.6. The highest BCUT2D eigenvalue weighted by atomic mass is 16.1. The summed E-state index contributed by atoms with van der Waals surface area (Å²) in [5.41, 5.74) is 1.41. The average molecular weight is 244 g/mol. The first kappa shape index (κ1) is 13.3. The quantitative estimate of drug-likeness (QED) is 0.759. The molecular weight excluding hydrogens is 220 g/mol. The van der Waals surface area contributed by atoms with Gasteiger partial charge in [-0.05, 0) is 30.2 Å². The molecule has 0 aromatic heterocycles. The summed E-state index contributed by atoms with van der Waals surface area (Å²) in [5.74, 6) is 0.989. The molecule has 0 N–H and O–H groups in total. The number of carbonyl (C=O) groups is 1. The third-order valence-electron chi connectivity index (χ3n) is 4.16. The highest BCUT2D eigenvalue weighted by Crippen LogP contribution is 2.38. The van der Waals surface area contributed by atoms with Crippen molar-refractivity contribution in [2.45, 2.75) is 46.5 Å². The summed E-state index contributed by atoms with van der Waals surface area (Å²) in [6.07, 6.45) is 4.27. The predicted octanol–water partition coefficient (Wildman–Crippen LogP) is 4.26. The fourth-order valence-corrected chi connectivity index (χ4v) is 3.10. The van der Waals surface area contributed by atoms with Gasteiger partial charge >= 0.3 is 0 Å². The molecule has 0 spiro atoms. The molecule has 1 saturated carbocycles. The van der Waals surface area contributed by atoms with E-state index in [0.717, 1.165) is 19.3 Å². The maximum absolute atomic E-state index is 12.6. The van der Waals surface area contributed by atoms with Crippen molar-refractivity contribution in [3.05, 3.63) is 35.9 Å². The van der Waals surface area contributed by atoms with E-state index in [0.29, 0.717) is 5.78 Å². The molecule has 0 saturated heterocycles. The Morgan fingerprint density at radius 3 is 2.39 bits per heavy atom. The number of hydrogen-bond donors (Lipinski definition) is 0. The first-order chi connectivity index (χ1) is 8.48. The summed E-state index contributed by atoms with van der Waals surface area (Å²) in [4.78, 5) is 12.6. The second-order valence-electron chi connectivity index (χ2n) is 6.64. The number of carbonyl (C=O) groups excluding carboxylic acids is 1. The van der Waals surface area contributed by atoms with E-state index in [1.54, 1.807) is 0 Å². The first-order valence-corrected chi connectivity index (χ1v) is 7.06. The van der Waals surface area contributed by atoms with Gasteiger partial charge in [0.05, 0.1) is 0 Å². The van der Waals surface area contributed by atoms with E-state index in [2.05, 4.69) is 45.0 Å². The zero-order valence-electron chi connectivity index (χ0n) is 11.8. The second kappa shape index (κ2) is 5.26. The third-order valence-corrected chi connectivity index (χ3v) is 4.16. The Hall–Kier alpha value is -1.11. The van der Waals surface area contributed by atoms with E-state index in [1.807, 2.05) is 6.07 Å². The van der Waals surface area contributed by atoms with Gasteiger partial charge in [0.15, 0.2) is 0 Å². The van der Waals surface area contributed by atoms with Crippen molar-refractivity contribution in [1.29, 1.82) is 0 Å². The molecule has 0 radical (unpaired) electrons. The minimum atomic E-state index is 0.118. The van der Waals surface area contributed by atoms with Gasteiger partial charge in [-0.15, -0.1) is 0 Å². The molecule has 1 fully saturated rings. The van der Waals surface area contributed by atoms with E-state index in [4.69, 9.17) is 0 Å². The van der Waals surface area contributed by atoms with Crippen molar-refractivity contribution in [2.75, 3.05) is 0 Å². The zero-order chi connectivity index (χ0) is 13.2. The van der Waals surface area contributed by atoms with Crippen LogP contribution in [0.25, 0.3) is 0 Å². The fraction of sp³-hybridized carbons (Fsp3) is 0.588. The summed E-state index contributed by atoms with van der Waals surface area (Å²) in [7, 11) is 0. The Kier molecular flexibility index (Phi) is 3.89. The van der Waals surface area contributed by atoms with Crippen LogP contribution in [0.1, 0.15) is 45.6 Å². The lowest BCUT2D eigenvalue weighted by Crippen LogP contribution is -2.37. The van der Waals surface area contributed by atoms with Crippen molar-refractivity contribution in [3.63, 3.8) is 0 Å². The lowest BCUT2D eigenvalue weighted by molar-refractivity contribution is -0.132. The van der Waals surface area contributed by atoms with Gasteiger partial charge in [-0.25, -0.2) is 0 Å². The number of rotatable bonds is 2. The highest BCUT2D eigenvalue weighted by Gasteiger charge is 2.37. The molecule has 2 unspecified atom stereocenters. The summed E-state index contributed by atoms with van der Waals surface area (Å²) in [5, 5.41) is 0. The normalized spacial score (nSPS) is 25.2. The largest absolute Gasteiger partial charge is 0.299 e. The van der Waals surface area contributed by atoms with E-state index >= 15 is 0 Å². The molecule has 1 heteroatoms. The van der Waals surface area contributed by atoms with Gasteiger partial charge < -0.3 is 0 Å². The van der Waals surface area contributed by atoms with Crippen molar-refractivity contribution < 1.29 is 4.79 Å². The monoisotopic (exact) mass is 244 g/mol. The molecule has 1 nitrogen and oxygen atoms in total. The molecule has 0 bridgehead atoms. The Balaban J connectivity index is 2.08. The van der Waals surface area contributed by atoms with Gasteiger partial charge in [0.25, 0.3) is 0 Å². The molecule has 2 rings (SSSR count). The van der Waals surface area contributed by atoms with Gasteiger partial charge in [0.1, 0.15) is 5.78 Å². The SMILES string of the molecule is CC(C)(C)C1CCCC(Cc2ccccc2)C1=O. The predicted molar refractivity (Wildman–Crippen MR) is 75.4 cm³/mol. The molecular formula is C17H24O. The van der Waals surface area contributed by atoms with E-state index in [-0.39, 0.29) is 17.3 Å². The van der Waals surface area contributed by atoms with Crippen LogP contribution in [0.2, 0.25) is 0 Å². The molecule has 1 aromatic carbocycles. The van der Waals surface area contributed by atoms with Crippen LogP contribution in [0.3, 0.4) is 0 Å². The van der Waals surface area contributed by atoms with Crippen LogP contribution in [0.4, 0.5) is 0 Å². The van der Waals surface area contributed by atoms with E-state index in [9.17, 15) is 4.79 Å². The number of hydrogen-bond acceptors (Lipinski definition) is 1. The van der Waals surface area contributed by atoms with Crippen LogP contribution >= 0.6 is 0 Å². The molecule has 0 aliphatic heterocycles. The van der Waals surface area contributed by atoms with E-state index < -0.39 is 0 Å². The van der Waals surface area contributed by atoms with Crippen molar-refractivity contribution >= 4 is 5.78 Å². The minimum Gasteiger partial charge on any atom is -0.299 e. The molecule has 2 atom stereocenters. The van der Waals surface area contributed by atoms with Gasteiger partial charge in [-0.1, -0.05) is 57.5 Å². The Labute approximate surface area is 111 Å². The summed E-state index contributed by atoms with van der Waals surface area (Å²) in [6, 6.07) is 10.4. The minimum absolute atomic E-state index is 0.118. The molecule has 0 heterocycles.